The van der Waals surface area contributed by atoms with Crippen molar-refractivity contribution in [3.8, 4) is 6.07 Å². The van der Waals surface area contributed by atoms with E-state index in [0.29, 0.717) is 11.1 Å². The van der Waals surface area contributed by atoms with E-state index in [1.165, 1.54) is 12.1 Å². The van der Waals surface area contributed by atoms with Crippen molar-refractivity contribution in [3.63, 3.8) is 0 Å². The Labute approximate surface area is 130 Å². The zero-order chi connectivity index (χ0) is 15.4. The molecule has 0 heterocycles. The topological polar surface area (TPSA) is 52.9 Å². The third-order valence-corrected chi connectivity index (χ3v) is 3.93. The fraction of sp³-hybridized carbons (Fsp3) is 0.125. The Hall–Kier alpha value is -2.19. The fourth-order valence-corrected chi connectivity index (χ4v) is 2.07. The second-order valence-electron chi connectivity index (χ2n) is 4.56. The Morgan fingerprint density at radius 2 is 2.10 bits per heavy atom. The summed E-state index contributed by atoms with van der Waals surface area (Å²) in [6, 6.07) is 11.3. The third-order valence-electron chi connectivity index (χ3n) is 3.04. The van der Waals surface area contributed by atoms with Crippen LogP contribution in [0.4, 0.5) is 4.39 Å². The van der Waals surface area contributed by atoms with Gasteiger partial charge in [0.2, 0.25) is 0 Å². The summed E-state index contributed by atoms with van der Waals surface area (Å²) in [6.07, 6.45) is 0. The van der Waals surface area contributed by atoms with Gasteiger partial charge in [-0.05, 0) is 42.8 Å². The Bertz CT molecular complexity index is 738. The molecule has 0 bridgehead atoms. The van der Waals surface area contributed by atoms with Gasteiger partial charge in [0.1, 0.15) is 5.82 Å². The predicted molar refractivity (Wildman–Crippen MR) is 81.2 cm³/mol. The molecule has 1 N–H and O–H groups in total. The van der Waals surface area contributed by atoms with Crippen molar-refractivity contribution in [2.75, 3.05) is 0 Å². The predicted octanol–water partition coefficient (Wildman–Crippen LogP) is 3.70. The summed E-state index contributed by atoms with van der Waals surface area (Å²) in [5.41, 5.74) is 2.07. The highest BCUT2D eigenvalue weighted by Crippen LogP contribution is 2.17. The van der Waals surface area contributed by atoms with Crippen LogP contribution in [-0.2, 0) is 6.54 Å². The molecule has 0 atom stereocenters. The van der Waals surface area contributed by atoms with E-state index >= 15 is 0 Å². The average molecular weight is 347 g/mol. The normalized spacial score (nSPS) is 10.0. The van der Waals surface area contributed by atoms with Crippen LogP contribution in [0.15, 0.2) is 40.9 Å². The van der Waals surface area contributed by atoms with Gasteiger partial charge in [0, 0.05) is 22.1 Å². The van der Waals surface area contributed by atoms with Gasteiger partial charge in [-0.3, -0.25) is 4.79 Å². The number of carbonyl (C=O) groups excluding carboxylic acids is 1. The van der Waals surface area contributed by atoms with Crippen LogP contribution in [-0.4, -0.2) is 5.91 Å². The molecule has 1 amide bonds. The van der Waals surface area contributed by atoms with Crippen molar-refractivity contribution >= 4 is 21.8 Å². The lowest BCUT2D eigenvalue weighted by Crippen LogP contribution is -2.23. The molecule has 0 saturated heterocycles. The number of nitriles is 1. The van der Waals surface area contributed by atoms with Crippen LogP contribution in [0.1, 0.15) is 27.0 Å². The highest BCUT2D eigenvalue weighted by Gasteiger charge is 2.09. The number of halogens is 2. The third kappa shape index (κ3) is 3.67. The molecule has 2 aromatic rings. The number of nitrogens with one attached hydrogen (secondary N) is 1. The van der Waals surface area contributed by atoms with Crippen molar-refractivity contribution < 1.29 is 9.18 Å². The first kappa shape index (κ1) is 15.2. The molecule has 106 valence electrons. The summed E-state index contributed by atoms with van der Waals surface area (Å²) >= 11 is 3.37. The molecule has 5 heteroatoms. The molecule has 0 saturated carbocycles. The number of carbonyl (C=O) groups is 1. The largest absolute Gasteiger partial charge is 0.348 e. The van der Waals surface area contributed by atoms with Crippen LogP contribution in [0.3, 0.4) is 0 Å². The standard InChI is InChI=1S/C16H12BrFN2O/c1-10-6-12(4-5-14(10)17)16(21)20-9-13-3-2-11(8-19)7-15(13)18/h2-7H,9H2,1H3,(H,20,21). The fourth-order valence-electron chi connectivity index (χ4n) is 1.82. The molecular weight excluding hydrogens is 335 g/mol. The smallest absolute Gasteiger partial charge is 0.251 e. The summed E-state index contributed by atoms with van der Waals surface area (Å²) in [7, 11) is 0. The summed E-state index contributed by atoms with van der Waals surface area (Å²) < 4.78 is 14.6. The summed E-state index contributed by atoms with van der Waals surface area (Å²) in [5, 5.41) is 11.3. The maximum absolute atomic E-state index is 13.7. The molecule has 0 aliphatic carbocycles. The number of hydrogen-bond acceptors (Lipinski definition) is 2. The molecule has 0 aliphatic heterocycles. The minimum absolute atomic E-state index is 0.0749. The van der Waals surface area contributed by atoms with E-state index in [2.05, 4.69) is 21.2 Å². The van der Waals surface area contributed by atoms with E-state index in [-0.39, 0.29) is 18.0 Å². The first-order valence-electron chi connectivity index (χ1n) is 6.24. The Balaban J connectivity index is 2.07. The van der Waals surface area contributed by atoms with Crippen molar-refractivity contribution in [2.45, 2.75) is 13.5 Å². The van der Waals surface area contributed by atoms with Crippen LogP contribution in [0.25, 0.3) is 0 Å². The molecule has 3 nitrogen and oxygen atoms in total. The summed E-state index contributed by atoms with van der Waals surface area (Å²) in [5.74, 6) is -0.768. The zero-order valence-corrected chi connectivity index (χ0v) is 12.9. The highest BCUT2D eigenvalue weighted by atomic mass is 79.9. The van der Waals surface area contributed by atoms with Crippen LogP contribution in [0.2, 0.25) is 0 Å². The molecule has 2 rings (SSSR count). The number of benzene rings is 2. The van der Waals surface area contributed by atoms with E-state index in [0.717, 1.165) is 16.1 Å². The van der Waals surface area contributed by atoms with E-state index in [1.807, 2.05) is 13.0 Å². The van der Waals surface area contributed by atoms with Gasteiger partial charge in [-0.25, -0.2) is 4.39 Å². The molecule has 0 fully saturated rings. The molecule has 0 aliphatic rings. The van der Waals surface area contributed by atoms with Crippen molar-refractivity contribution in [2.24, 2.45) is 0 Å². The van der Waals surface area contributed by atoms with Crippen LogP contribution in [0.5, 0.6) is 0 Å². The molecule has 0 spiro atoms. The SMILES string of the molecule is Cc1cc(C(=O)NCc2ccc(C#N)cc2F)ccc1Br. The van der Waals surface area contributed by atoms with Crippen molar-refractivity contribution in [1.29, 1.82) is 5.26 Å². The second-order valence-corrected chi connectivity index (χ2v) is 5.42. The molecule has 0 unspecified atom stereocenters. The minimum atomic E-state index is -0.499. The van der Waals surface area contributed by atoms with Crippen molar-refractivity contribution in [3.05, 3.63) is 68.9 Å². The molecular formula is C16H12BrFN2O. The summed E-state index contributed by atoms with van der Waals surface area (Å²) in [6.45, 7) is 1.96. The summed E-state index contributed by atoms with van der Waals surface area (Å²) in [4.78, 5) is 12.0. The van der Waals surface area contributed by atoms with Gasteiger partial charge in [0.05, 0.1) is 11.6 Å². The average Bonchev–Trinajstić information content (AvgIpc) is 2.48. The van der Waals surface area contributed by atoms with E-state index in [9.17, 15) is 9.18 Å². The number of aryl methyl sites for hydroxylation is 1. The van der Waals surface area contributed by atoms with Gasteiger partial charge >= 0.3 is 0 Å². The molecule has 0 radical (unpaired) electrons. The molecule has 2 aromatic carbocycles. The zero-order valence-electron chi connectivity index (χ0n) is 11.3. The van der Waals surface area contributed by atoms with Gasteiger partial charge in [0.25, 0.3) is 5.91 Å². The highest BCUT2D eigenvalue weighted by molar-refractivity contribution is 9.10. The van der Waals surface area contributed by atoms with E-state index < -0.39 is 5.82 Å². The maximum Gasteiger partial charge on any atom is 0.251 e. The Morgan fingerprint density at radius 1 is 1.33 bits per heavy atom. The van der Waals surface area contributed by atoms with Gasteiger partial charge in [-0.2, -0.15) is 5.26 Å². The number of rotatable bonds is 3. The quantitative estimate of drug-likeness (QED) is 0.921. The molecule has 21 heavy (non-hydrogen) atoms. The van der Waals surface area contributed by atoms with Gasteiger partial charge in [-0.15, -0.1) is 0 Å². The molecule has 0 aromatic heterocycles. The lowest BCUT2D eigenvalue weighted by Gasteiger charge is -2.08. The number of nitrogens with zero attached hydrogens (tertiary/aromatic N) is 1. The van der Waals surface area contributed by atoms with Crippen LogP contribution < -0.4 is 5.32 Å². The maximum atomic E-state index is 13.7. The number of amides is 1. The van der Waals surface area contributed by atoms with Crippen LogP contribution in [0, 0.1) is 24.1 Å². The first-order chi connectivity index (χ1) is 10.0. The van der Waals surface area contributed by atoms with Gasteiger partial charge in [0.15, 0.2) is 0 Å². The van der Waals surface area contributed by atoms with E-state index in [4.69, 9.17) is 5.26 Å². The minimum Gasteiger partial charge on any atom is -0.348 e. The monoisotopic (exact) mass is 346 g/mol. The van der Waals surface area contributed by atoms with Gasteiger partial charge in [-0.1, -0.05) is 22.0 Å². The Kier molecular flexibility index (Phi) is 4.71. The lowest BCUT2D eigenvalue weighted by atomic mass is 10.1. The second kappa shape index (κ2) is 6.51. The van der Waals surface area contributed by atoms with Gasteiger partial charge < -0.3 is 5.32 Å². The first-order valence-corrected chi connectivity index (χ1v) is 7.03. The van der Waals surface area contributed by atoms with Crippen molar-refractivity contribution in [1.82, 2.24) is 5.32 Å². The number of hydrogen-bond donors (Lipinski definition) is 1. The van der Waals surface area contributed by atoms with E-state index in [1.54, 1.807) is 18.2 Å². The van der Waals surface area contributed by atoms with Crippen LogP contribution >= 0.6 is 15.9 Å². The lowest BCUT2D eigenvalue weighted by molar-refractivity contribution is 0.0950. The Morgan fingerprint density at radius 3 is 2.71 bits per heavy atom.